The summed E-state index contributed by atoms with van der Waals surface area (Å²) in [4.78, 5) is 23.1. The Morgan fingerprint density at radius 3 is 2.50 bits per heavy atom. The van der Waals surface area contributed by atoms with Crippen molar-refractivity contribution in [1.82, 2.24) is 5.32 Å². The minimum Gasteiger partial charge on any atom is -0.444 e. The summed E-state index contributed by atoms with van der Waals surface area (Å²) in [5.74, 6) is -0.292. The van der Waals surface area contributed by atoms with E-state index < -0.39 is 11.7 Å². The molecule has 1 aromatic carbocycles. The Morgan fingerprint density at radius 1 is 1.30 bits per heavy atom. The summed E-state index contributed by atoms with van der Waals surface area (Å²) in [6.45, 7) is 7.09. The van der Waals surface area contributed by atoms with Crippen molar-refractivity contribution >= 4 is 40.3 Å². The van der Waals surface area contributed by atoms with Gasteiger partial charge in [0.15, 0.2) is 0 Å². The van der Waals surface area contributed by atoms with E-state index >= 15 is 0 Å². The van der Waals surface area contributed by atoms with Crippen molar-refractivity contribution in [2.24, 2.45) is 0 Å². The molecule has 0 heterocycles. The first-order valence-corrected chi connectivity index (χ1v) is 7.28. The molecule has 1 rings (SSSR count). The summed E-state index contributed by atoms with van der Waals surface area (Å²) < 4.78 is 6.15. The lowest BCUT2D eigenvalue weighted by Crippen LogP contribution is -2.37. The summed E-state index contributed by atoms with van der Waals surface area (Å²) in [5, 5.41) is 5.16. The highest BCUT2D eigenvalue weighted by Crippen LogP contribution is 2.17. The van der Waals surface area contributed by atoms with Crippen LogP contribution in [0.2, 0.25) is 0 Å². The highest BCUT2D eigenvalue weighted by molar-refractivity contribution is 14.1. The number of aryl methyl sites for hydroxylation is 1. The van der Waals surface area contributed by atoms with Gasteiger partial charge < -0.3 is 15.4 Å². The molecular formula is C14H19IN2O3. The molecule has 20 heavy (non-hydrogen) atoms. The number of hydrogen-bond acceptors (Lipinski definition) is 3. The molecule has 0 atom stereocenters. The fraction of sp³-hybridized carbons (Fsp3) is 0.429. The number of nitrogens with one attached hydrogen (secondary N) is 2. The molecule has 0 unspecified atom stereocenters. The molecule has 2 amide bonds. The zero-order valence-electron chi connectivity index (χ0n) is 12.0. The zero-order chi connectivity index (χ0) is 15.3. The Hall–Kier alpha value is -1.31. The van der Waals surface area contributed by atoms with Crippen molar-refractivity contribution < 1.29 is 14.3 Å². The second-order valence-corrected chi connectivity index (χ2v) is 6.61. The molecule has 0 saturated carbocycles. The molecule has 0 aliphatic heterocycles. The SMILES string of the molecule is Cc1cc(I)ccc1NC(=O)CNC(=O)OC(C)(C)C. The lowest BCUT2D eigenvalue weighted by atomic mass is 10.2. The van der Waals surface area contributed by atoms with E-state index in [1.54, 1.807) is 20.8 Å². The topological polar surface area (TPSA) is 67.4 Å². The molecule has 0 aliphatic rings. The van der Waals surface area contributed by atoms with Crippen molar-refractivity contribution in [2.45, 2.75) is 33.3 Å². The second kappa shape index (κ2) is 6.92. The fourth-order valence-electron chi connectivity index (χ4n) is 1.43. The maximum absolute atomic E-state index is 11.7. The minimum atomic E-state index is -0.605. The Kier molecular flexibility index (Phi) is 5.79. The fourth-order valence-corrected chi connectivity index (χ4v) is 2.08. The van der Waals surface area contributed by atoms with E-state index in [0.29, 0.717) is 0 Å². The molecule has 0 aliphatic carbocycles. The van der Waals surface area contributed by atoms with Gasteiger partial charge in [0.25, 0.3) is 0 Å². The van der Waals surface area contributed by atoms with Crippen molar-refractivity contribution in [1.29, 1.82) is 0 Å². The molecule has 1 aromatic rings. The lowest BCUT2D eigenvalue weighted by Gasteiger charge is -2.19. The number of ether oxygens (including phenoxy) is 1. The van der Waals surface area contributed by atoms with Crippen molar-refractivity contribution in [2.75, 3.05) is 11.9 Å². The standard InChI is InChI=1S/C14H19IN2O3/c1-9-7-10(15)5-6-11(9)17-12(18)8-16-13(19)20-14(2,3)4/h5-7H,8H2,1-4H3,(H,16,19)(H,17,18). The Balaban J connectivity index is 2.46. The summed E-state index contributed by atoms with van der Waals surface area (Å²) in [6.07, 6.45) is -0.605. The van der Waals surface area contributed by atoms with E-state index in [2.05, 4.69) is 33.2 Å². The van der Waals surface area contributed by atoms with Gasteiger partial charge >= 0.3 is 6.09 Å². The van der Waals surface area contributed by atoms with Crippen molar-refractivity contribution in [3.8, 4) is 0 Å². The van der Waals surface area contributed by atoms with Crippen LogP contribution in [0.25, 0.3) is 0 Å². The Bertz CT molecular complexity index is 510. The van der Waals surface area contributed by atoms with Crippen molar-refractivity contribution in [3.05, 3.63) is 27.3 Å². The number of benzene rings is 1. The molecular weight excluding hydrogens is 371 g/mol. The van der Waals surface area contributed by atoms with Gasteiger partial charge in [0.05, 0.1) is 0 Å². The van der Waals surface area contributed by atoms with Gasteiger partial charge in [-0.1, -0.05) is 0 Å². The average Bonchev–Trinajstić information content (AvgIpc) is 2.28. The highest BCUT2D eigenvalue weighted by Gasteiger charge is 2.16. The van der Waals surface area contributed by atoms with Gasteiger partial charge in [-0.3, -0.25) is 4.79 Å². The normalized spacial score (nSPS) is 10.8. The maximum atomic E-state index is 11.7. The zero-order valence-corrected chi connectivity index (χ0v) is 14.2. The Morgan fingerprint density at radius 2 is 1.95 bits per heavy atom. The smallest absolute Gasteiger partial charge is 0.408 e. The van der Waals surface area contributed by atoms with Gasteiger partial charge in [0, 0.05) is 9.26 Å². The maximum Gasteiger partial charge on any atom is 0.408 e. The highest BCUT2D eigenvalue weighted by atomic mass is 127. The number of alkyl carbamates (subject to hydrolysis) is 1. The second-order valence-electron chi connectivity index (χ2n) is 5.36. The number of carbonyl (C=O) groups is 2. The third-order valence-electron chi connectivity index (χ3n) is 2.25. The summed E-state index contributed by atoms with van der Waals surface area (Å²) >= 11 is 2.21. The van der Waals surface area contributed by atoms with Crippen LogP contribution in [0.1, 0.15) is 26.3 Å². The first-order valence-electron chi connectivity index (χ1n) is 6.20. The van der Waals surface area contributed by atoms with Gasteiger partial charge in [0.2, 0.25) is 5.91 Å². The third-order valence-corrected chi connectivity index (χ3v) is 2.93. The van der Waals surface area contributed by atoms with E-state index in [1.165, 1.54) is 0 Å². The quantitative estimate of drug-likeness (QED) is 0.780. The van der Waals surface area contributed by atoms with E-state index in [1.807, 2.05) is 25.1 Å². The largest absolute Gasteiger partial charge is 0.444 e. The molecule has 6 heteroatoms. The average molecular weight is 390 g/mol. The van der Waals surface area contributed by atoms with Crippen LogP contribution in [0.5, 0.6) is 0 Å². The molecule has 0 aromatic heterocycles. The predicted octanol–water partition coefficient (Wildman–Crippen LogP) is 3.06. The van der Waals surface area contributed by atoms with Gasteiger partial charge in [-0.2, -0.15) is 0 Å². The molecule has 0 saturated heterocycles. The molecule has 2 N–H and O–H groups in total. The van der Waals surface area contributed by atoms with Crippen LogP contribution >= 0.6 is 22.6 Å². The Labute approximate surface area is 132 Å². The number of anilines is 1. The molecule has 110 valence electrons. The first kappa shape index (κ1) is 16.7. The van der Waals surface area contributed by atoms with Crippen LogP contribution in [-0.2, 0) is 9.53 Å². The monoisotopic (exact) mass is 390 g/mol. The molecule has 0 bridgehead atoms. The van der Waals surface area contributed by atoms with E-state index in [9.17, 15) is 9.59 Å². The third kappa shape index (κ3) is 6.23. The summed E-state index contributed by atoms with van der Waals surface area (Å²) in [7, 11) is 0. The molecule has 5 nitrogen and oxygen atoms in total. The summed E-state index contributed by atoms with van der Waals surface area (Å²) in [5.41, 5.74) is 1.14. The lowest BCUT2D eigenvalue weighted by molar-refractivity contribution is -0.115. The van der Waals surface area contributed by atoms with E-state index in [4.69, 9.17) is 4.74 Å². The van der Waals surface area contributed by atoms with Crippen LogP contribution in [0, 0.1) is 10.5 Å². The minimum absolute atomic E-state index is 0.125. The van der Waals surface area contributed by atoms with Crippen LogP contribution < -0.4 is 10.6 Å². The molecule has 0 spiro atoms. The molecule has 0 fully saturated rings. The van der Waals surface area contributed by atoms with E-state index in [-0.39, 0.29) is 12.5 Å². The summed E-state index contributed by atoms with van der Waals surface area (Å²) in [6, 6.07) is 5.71. The number of halogens is 1. The first-order chi connectivity index (χ1) is 9.17. The van der Waals surface area contributed by atoms with Crippen LogP contribution in [0.15, 0.2) is 18.2 Å². The number of rotatable bonds is 3. The van der Waals surface area contributed by atoms with Crippen molar-refractivity contribution in [3.63, 3.8) is 0 Å². The van der Waals surface area contributed by atoms with Crippen LogP contribution in [0.4, 0.5) is 10.5 Å². The van der Waals surface area contributed by atoms with Gasteiger partial charge in [-0.05, 0) is 74.0 Å². The van der Waals surface area contributed by atoms with E-state index in [0.717, 1.165) is 14.8 Å². The number of hydrogen-bond donors (Lipinski definition) is 2. The molecule has 0 radical (unpaired) electrons. The van der Waals surface area contributed by atoms with Gasteiger partial charge in [-0.25, -0.2) is 4.79 Å². The van der Waals surface area contributed by atoms with Gasteiger partial charge in [0.1, 0.15) is 12.1 Å². The number of carbonyl (C=O) groups excluding carboxylic acids is 2. The van der Waals surface area contributed by atoms with Gasteiger partial charge in [-0.15, -0.1) is 0 Å². The van der Waals surface area contributed by atoms with Crippen LogP contribution in [0.3, 0.4) is 0 Å². The number of amides is 2. The van der Waals surface area contributed by atoms with Crippen LogP contribution in [-0.4, -0.2) is 24.1 Å². The predicted molar refractivity (Wildman–Crippen MR) is 86.8 cm³/mol.